The van der Waals surface area contributed by atoms with Crippen LogP contribution in [0.5, 0.6) is 0 Å². The lowest BCUT2D eigenvalue weighted by Crippen LogP contribution is -2.55. The Balaban J connectivity index is 2.19. The molecule has 0 radical (unpaired) electrons. The van der Waals surface area contributed by atoms with Crippen molar-refractivity contribution in [3.05, 3.63) is 42.5 Å². The molecule has 0 aromatic heterocycles. The molecule has 23 heavy (non-hydrogen) atoms. The molecule has 1 saturated heterocycles. The maximum absolute atomic E-state index is 11.9. The van der Waals surface area contributed by atoms with E-state index in [1.807, 2.05) is 29.2 Å². The Morgan fingerprint density at radius 3 is 2.43 bits per heavy atom. The summed E-state index contributed by atoms with van der Waals surface area (Å²) in [6, 6.07) is 8.07. The largest absolute Gasteiger partial charge is 0.365 e. The van der Waals surface area contributed by atoms with Crippen molar-refractivity contribution >= 4 is 17.4 Å². The molecule has 1 fully saturated rings. The molecule has 1 aliphatic heterocycles. The Labute approximate surface area is 138 Å². The predicted octanol–water partition coefficient (Wildman–Crippen LogP) is 3.14. The van der Waals surface area contributed by atoms with Gasteiger partial charge in [0, 0.05) is 36.9 Å². The van der Waals surface area contributed by atoms with E-state index in [0.29, 0.717) is 12.5 Å². The number of hydrogen-bond acceptors (Lipinski definition) is 3. The van der Waals surface area contributed by atoms with Gasteiger partial charge in [0.15, 0.2) is 5.78 Å². The summed E-state index contributed by atoms with van der Waals surface area (Å²) in [7, 11) is 0. The van der Waals surface area contributed by atoms with E-state index < -0.39 is 0 Å². The number of nitrogens with zero attached hydrogens (tertiary/aromatic N) is 2. The van der Waals surface area contributed by atoms with Gasteiger partial charge in [-0.3, -0.25) is 9.59 Å². The van der Waals surface area contributed by atoms with Gasteiger partial charge in [-0.1, -0.05) is 20.4 Å². The van der Waals surface area contributed by atoms with Crippen molar-refractivity contribution in [1.29, 1.82) is 0 Å². The predicted molar refractivity (Wildman–Crippen MR) is 93.8 cm³/mol. The van der Waals surface area contributed by atoms with Gasteiger partial charge in [-0.25, -0.2) is 0 Å². The van der Waals surface area contributed by atoms with Gasteiger partial charge in [-0.15, -0.1) is 0 Å². The van der Waals surface area contributed by atoms with Crippen LogP contribution in [0.15, 0.2) is 36.9 Å². The molecule has 124 valence electrons. The van der Waals surface area contributed by atoms with E-state index in [0.717, 1.165) is 30.8 Å². The zero-order valence-electron chi connectivity index (χ0n) is 14.3. The number of piperazine rings is 1. The van der Waals surface area contributed by atoms with Crippen molar-refractivity contribution in [3.63, 3.8) is 0 Å². The summed E-state index contributed by atoms with van der Waals surface area (Å²) < 4.78 is 0. The van der Waals surface area contributed by atoms with Crippen LogP contribution in [-0.2, 0) is 4.79 Å². The Hall–Kier alpha value is -2.10. The lowest BCUT2D eigenvalue weighted by Gasteiger charge is -2.43. The van der Waals surface area contributed by atoms with Crippen LogP contribution >= 0.6 is 0 Å². The van der Waals surface area contributed by atoms with Crippen LogP contribution in [0.1, 0.15) is 37.6 Å². The molecule has 0 aliphatic carbocycles. The standard InChI is InChI=1S/C19H26N2O2/c1-5-19(23)20-10-11-21(18(13-20)12-14(2)3)17-8-6-16(7-9-17)15(4)22/h5-9,14,18H,1,10-13H2,2-4H3. The first-order valence-electron chi connectivity index (χ1n) is 8.21. The van der Waals surface area contributed by atoms with Gasteiger partial charge in [0.05, 0.1) is 0 Å². The Bertz CT molecular complexity index is 578. The van der Waals surface area contributed by atoms with Crippen LogP contribution in [0, 0.1) is 5.92 Å². The molecule has 1 aromatic rings. The smallest absolute Gasteiger partial charge is 0.246 e. The third kappa shape index (κ3) is 4.21. The van der Waals surface area contributed by atoms with E-state index in [2.05, 4.69) is 25.3 Å². The van der Waals surface area contributed by atoms with Gasteiger partial charge in [0.1, 0.15) is 0 Å². The average molecular weight is 314 g/mol. The summed E-state index contributed by atoms with van der Waals surface area (Å²) in [6.45, 7) is 11.8. The number of rotatable bonds is 5. The number of anilines is 1. The zero-order chi connectivity index (χ0) is 17.0. The SMILES string of the molecule is C=CC(=O)N1CCN(c2ccc(C(C)=O)cc2)C(CC(C)C)C1. The van der Waals surface area contributed by atoms with Gasteiger partial charge in [0.25, 0.3) is 0 Å². The highest BCUT2D eigenvalue weighted by molar-refractivity contribution is 5.94. The summed E-state index contributed by atoms with van der Waals surface area (Å²) in [5, 5.41) is 0. The summed E-state index contributed by atoms with van der Waals surface area (Å²) in [6.07, 6.45) is 2.42. The quantitative estimate of drug-likeness (QED) is 0.619. The molecule has 0 bridgehead atoms. The maximum Gasteiger partial charge on any atom is 0.246 e. The van der Waals surface area contributed by atoms with Crippen molar-refractivity contribution in [1.82, 2.24) is 4.90 Å². The van der Waals surface area contributed by atoms with Gasteiger partial charge < -0.3 is 9.80 Å². The third-order valence-electron chi connectivity index (χ3n) is 4.32. The first-order valence-corrected chi connectivity index (χ1v) is 8.21. The topological polar surface area (TPSA) is 40.6 Å². The highest BCUT2D eigenvalue weighted by Crippen LogP contribution is 2.25. The van der Waals surface area contributed by atoms with Crippen LogP contribution in [0.3, 0.4) is 0 Å². The lowest BCUT2D eigenvalue weighted by molar-refractivity contribution is -0.126. The summed E-state index contributed by atoms with van der Waals surface area (Å²) in [5.41, 5.74) is 1.85. The fraction of sp³-hybridized carbons (Fsp3) is 0.474. The minimum atomic E-state index is 0.00494. The van der Waals surface area contributed by atoms with Crippen LogP contribution in [0.25, 0.3) is 0 Å². The summed E-state index contributed by atoms with van der Waals surface area (Å²) in [5.74, 6) is 0.639. The highest BCUT2D eigenvalue weighted by Gasteiger charge is 2.29. The number of carbonyl (C=O) groups excluding carboxylic acids is 2. The number of carbonyl (C=O) groups is 2. The van der Waals surface area contributed by atoms with E-state index in [4.69, 9.17) is 0 Å². The number of ketones is 1. The average Bonchev–Trinajstić information content (AvgIpc) is 2.53. The minimum absolute atomic E-state index is 0.00494. The molecule has 1 atom stereocenters. The normalized spacial score (nSPS) is 18.2. The van der Waals surface area contributed by atoms with E-state index in [1.54, 1.807) is 6.92 Å². The van der Waals surface area contributed by atoms with Crippen molar-refractivity contribution in [2.75, 3.05) is 24.5 Å². The molecular weight excluding hydrogens is 288 g/mol. The number of benzene rings is 1. The van der Waals surface area contributed by atoms with Crippen LogP contribution in [0.2, 0.25) is 0 Å². The molecule has 1 amide bonds. The second kappa shape index (κ2) is 7.44. The first kappa shape index (κ1) is 17.3. The van der Waals surface area contributed by atoms with Crippen molar-refractivity contribution in [2.24, 2.45) is 5.92 Å². The van der Waals surface area contributed by atoms with Crippen LogP contribution in [-0.4, -0.2) is 42.3 Å². The van der Waals surface area contributed by atoms with E-state index in [-0.39, 0.29) is 17.7 Å². The van der Waals surface area contributed by atoms with Crippen LogP contribution < -0.4 is 4.90 Å². The third-order valence-corrected chi connectivity index (χ3v) is 4.32. The number of Topliss-reactive ketones (excluding diaryl/α,β-unsaturated/α-hetero) is 1. The van der Waals surface area contributed by atoms with E-state index >= 15 is 0 Å². The molecule has 0 spiro atoms. The van der Waals surface area contributed by atoms with E-state index in [1.165, 1.54) is 6.08 Å². The summed E-state index contributed by atoms with van der Waals surface area (Å²) >= 11 is 0. The molecule has 4 heteroatoms. The molecule has 0 saturated carbocycles. The highest BCUT2D eigenvalue weighted by atomic mass is 16.2. The van der Waals surface area contributed by atoms with E-state index in [9.17, 15) is 9.59 Å². The monoisotopic (exact) mass is 314 g/mol. The lowest BCUT2D eigenvalue weighted by atomic mass is 9.98. The second-order valence-electron chi connectivity index (χ2n) is 6.57. The Morgan fingerprint density at radius 1 is 1.26 bits per heavy atom. The number of amides is 1. The Morgan fingerprint density at radius 2 is 1.91 bits per heavy atom. The van der Waals surface area contributed by atoms with Crippen molar-refractivity contribution in [3.8, 4) is 0 Å². The van der Waals surface area contributed by atoms with Gasteiger partial charge in [-0.05, 0) is 49.6 Å². The number of hydrogen-bond donors (Lipinski definition) is 0. The summed E-state index contributed by atoms with van der Waals surface area (Å²) in [4.78, 5) is 27.6. The molecule has 1 aromatic carbocycles. The van der Waals surface area contributed by atoms with Crippen molar-refractivity contribution in [2.45, 2.75) is 33.2 Å². The van der Waals surface area contributed by atoms with Gasteiger partial charge in [-0.2, -0.15) is 0 Å². The molecule has 1 aliphatic rings. The van der Waals surface area contributed by atoms with Gasteiger partial charge in [0.2, 0.25) is 5.91 Å². The van der Waals surface area contributed by atoms with Gasteiger partial charge >= 0.3 is 0 Å². The molecule has 2 rings (SSSR count). The minimum Gasteiger partial charge on any atom is -0.365 e. The fourth-order valence-electron chi connectivity index (χ4n) is 3.16. The van der Waals surface area contributed by atoms with Crippen molar-refractivity contribution < 1.29 is 9.59 Å². The Kier molecular flexibility index (Phi) is 5.59. The maximum atomic E-state index is 11.9. The fourth-order valence-corrected chi connectivity index (χ4v) is 3.16. The molecule has 0 N–H and O–H groups in total. The second-order valence-corrected chi connectivity index (χ2v) is 6.57. The molecule has 4 nitrogen and oxygen atoms in total. The molecule has 1 unspecified atom stereocenters. The molecular formula is C19H26N2O2. The first-order chi connectivity index (χ1) is 10.9. The molecule has 1 heterocycles. The van der Waals surface area contributed by atoms with Crippen LogP contribution in [0.4, 0.5) is 5.69 Å². The zero-order valence-corrected chi connectivity index (χ0v) is 14.3.